The van der Waals surface area contributed by atoms with Gasteiger partial charge in [0.1, 0.15) is 0 Å². The summed E-state index contributed by atoms with van der Waals surface area (Å²) in [6, 6.07) is 0. The van der Waals surface area contributed by atoms with Crippen molar-refractivity contribution < 1.29 is 5.11 Å². The van der Waals surface area contributed by atoms with Crippen molar-refractivity contribution in [2.75, 3.05) is 6.61 Å². The lowest BCUT2D eigenvalue weighted by Gasteiger charge is -2.15. The van der Waals surface area contributed by atoms with Crippen LogP contribution in [0.3, 0.4) is 0 Å². The molecule has 0 spiro atoms. The summed E-state index contributed by atoms with van der Waals surface area (Å²) in [6.45, 7) is 4.51. The largest absolute Gasteiger partial charge is 0.396 e. The third-order valence-electron chi connectivity index (χ3n) is 3.63. The van der Waals surface area contributed by atoms with E-state index in [-0.39, 0.29) is 12.5 Å². The maximum atomic E-state index is 9.39. The number of thiazole rings is 1. The normalized spacial score (nSPS) is 19.5. The van der Waals surface area contributed by atoms with Gasteiger partial charge in [-0.2, -0.15) is 0 Å². The molecule has 1 aliphatic carbocycles. The van der Waals surface area contributed by atoms with Crippen molar-refractivity contribution in [3.8, 4) is 0 Å². The van der Waals surface area contributed by atoms with E-state index in [1.54, 1.807) is 11.3 Å². The molecule has 1 aromatic rings. The van der Waals surface area contributed by atoms with E-state index in [1.807, 2.05) is 0 Å². The fourth-order valence-electron chi connectivity index (χ4n) is 2.48. The number of aliphatic hydroxyl groups is 1. The van der Waals surface area contributed by atoms with E-state index in [2.05, 4.69) is 19.2 Å². The number of hydrogen-bond donors (Lipinski definition) is 1. The molecule has 1 atom stereocenters. The summed E-state index contributed by atoms with van der Waals surface area (Å²) in [5.41, 5.74) is 1.10. The van der Waals surface area contributed by atoms with E-state index in [0.717, 1.165) is 5.69 Å². The van der Waals surface area contributed by atoms with E-state index >= 15 is 0 Å². The maximum Gasteiger partial charge on any atom is 0.0959 e. The minimum atomic E-state index is 0.214. The first-order valence-electron chi connectivity index (χ1n) is 6.28. The SMILES string of the molecule is CC(C)C(CO)c1csc(C2CCCC2)n1. The fourth-order valence-corrected chi connectivity index (χ4v) is 3.53. The predicted molar refractivity (Wildman–Crippen MR) is 68.0 cm³/mol. The van der Waals surface area contributed by atoms with Gasteiger partial charge in [-0.15, -0.1) is 11.3 Å². The summed E-state index contributed by atoms with van der Waals surface area (Å²) >= 11 is 1.79. The second-order valence-electron chi connectivity index (χ2n) is 5.13. The summed E-state index contributed by atoms with van der Waals surface area (Å²) in [7, 11) is 0. The molecule has 2 rings (SSSR count). The molecule has 0 amide bonds. The molecule has 90 valence electrons. The van der Waals surface area contributed by atoms with Crippen LogP contribution in [-0.4, -0.2) is 16.7 Å². The number of aliphatic hydroxyl groups excluding tert-OH is 1. The number of nitrogens with zero attached hydrogens (tertiary/aromatic N) is 1. The molecule has 16 heavy (non-hydrogen) atoms. The van der Waals surface area contributed by atoms with E-state index in [0.29, 0.717) is 11.8 Å². The Morgan fingerprint density at radius 1 is 1.44 bits per heavy atom. The van der Waals surface area contributed by atoms with Gasteiger partial charge >= 0.3 is 0 Å². The Bertz CT molecular complexity index is 328. The highest BCUT2D eigenvalue weighted by molar-refractivity contribution is 7.09. The van der Waals surface area contributed by atoms with E-state index in [4.69, 9.17) is 4.98 Å². The van der Waals surface area contributed by atoms with Gasteiger partial charge in [-0.1, -0.05) is 26.7 Å². The Morgan fingerprint density at radius 3 is 2.69 bits per heavy atom. The van der Waals surface area contributed by atoms with E-state index < -0.39 is 0 Å². The molecule has 0 bridgehead atoms. The van der Waals surface area contributed by atoms with Gasteiger partial charge in [0.15, 0.2) is 0 Å². The standard InChI is InChI=1S/C13H21NOS/c1-9(2)11(7-15)12-8-16-13(14-12)10-5-3-4-6-10/h8-11,15H,3-7H2,1-2H3. The van der Waals surface area contributed by atoms with Crippen LogP contribution in [0.25, 0.3) is 0 Å². The number of aromatic nitrogens is 1. The summed E-state index contributed by atoms with van der Waals surface area (Å²) in [5, 5.41) is 12.8. The quantitative estimate of drug-likeness (QED) is 0.872. The molecule has 1 N–H and O–H groups in total. The number of rotatable bonds is 4. The zero-order valence-corrected chi connectivity index (χ0v) is 11.0. The molecule has 1 aromatic heterocycles. The molecule has 1 saturated carbocycles. The van der Waals surface area contributed by atoms with Crippen molar-refractivity contribution >= 4 is 11.3 Å². The summed E-state index contributed by atoms with van der Waals surface area (Å²) < 4.78 is 0. The molecule has 3 heteroatoms. The highest BCUT2D eigenvalue weighted by atomic mass is 32.1. The second-order valence-corrected chi connectivity index (χ2v) is 6.01. The Morgan fingerprint density at radius 2 is 2.12 bits per heavy atom. The Kier molecular flexibility index (Phi) is 3.98. The van der Waals surface area contributed by atoms with Crippen LogP contribution in [0.4, 0.5) is 0 Å². The zero-order chi connectivity index (χ0) is 11.5. The highest BCUT2D eigenvalue weighted by Crippen LogP contribution is 2.37. The topological polar surface area (TPSA) is 33.1 Å². The van der Waals surface area contributed by atoms with E-state index in [9.17, 15) is 5.11 Å². The Balaban J connectivity index is 2.11. The molecule has 0 aliphatic heterocycles. The first-order chi connectivity index (χ1) is 7.72. The average Bonchev–Trinajstić information content (AvgIpc) is 2.86. The van der Waals surface area contributed by atoms with Gasteiger partial charge in [-0.25, -0.2) is 4.98 Å². The molecule has 1 unspecified atom stereocenters. The van der Waals surface area contributed by atoms with Crippen molar-refractivity contribution in [1.29, 1.82) is 0 Å². The van der Waals surface area contributed by atoms with Crippen LogP contribution in [0.15, 0.2) is 5.38 Å². The van der Waals surface area contributed by atoms with Crippen LogP contribution in [0.2, 0.25) is 0 Å². The molecule has 1 fully saturated rings. The van der Waals surface area contributed by atoms with Crippen LogP contribution >= 0.6 is 11.3 Å². The van der Waals surface area contributed by atoms with E-state index in [1.165, 1.54) is 30.7 Å². The molecule has 0 radical (unpaired) electrons. The zero-order valence-electron chi connectivity index (χ0n) is 10.1. The molecule has 0 aromatic carbocycles. The van der Waals surface area contributed by atoms with Gasteiger partial charge in [0.25, 0.3) is 0 Å². The van der Waals surface area contributed by atoms with Crippen LogP contribution in [0.5, 0.6) is 0 Å². The van der Waals surface area contributed by atoms with Crippen molar-refractivity contribution in [3.05, 3.63) is 16.1 Å². The fraction of sp³-hybridized carbons (Fsp3) is 0.769. The summed E-state index contributed by atoms with van der Waals surface area (Å²) in [5.74, 6) is 1.38. The lowest BCUT2D eigenvalue weighted by atomic mass is 9.94. The first-order valence-corrected chi connectivity index (χ1v) is 7.16. The third-order valence-corrected chi connectivity index (χ3v) is 4.65. The summed E-state index contributed by atoms with van der Waals surface area (Å²) in [6.07, 6.45) is 5.32. The Hall–Kier alpha value is -0.410. The molecular formula is C13H21NOS. The maximum absolute atomic E-state index is 9.39. The van der Waals surface area contributed by atoms with Gasteiger partial charge in [-0.3, -0.25) is 0 Å². The Labute approximate surface area is 102 Å². The van der Waals surface area contributed by atoms with Crippen molar-refractivity contribution in [2.45, 2.75) is 51.4 Å². The van der Waals surface area contributed by atoms with Gasteiger partial charge in [0, 0.05) is 17.2 Å². The lowest BCUT2D eigenvalue weighted by Crippen LogP contribution is -2.11. The van der Waals surface area contributed by atoms with Crippen molar-refractivity contribution in [1.82, 2.24) is 4.98 Å². The van der Waals surface area contributed by atoms with Crippen LogP contribution in [-0.2, 0) is 0 Å². The minimum absolute atomic E-state index is 0.214. The number of hydrogen-bond acceptors (Lipinski definition) is 3. The van der Waals surface area contributed by atoms with Gasteiger partial charge in [0.05, 0.1) is 17.3 Å². The molecule has 1 heterocycles. The first kappa shape index (κ1) is 12.1. The minimum Gasteiger partial charge on any atom is -0.396 e. The third kappa shape index (κ3) is 2.46. The molecular weight excluding hydrogens is 218 g/mol. The van der Waals surface area contributed by atoms with Crippen LogP contribution in [0, 0.1) is 5.92 Å². The smallest absolute Gasteiger partial charge is 0.0959 e. The van der Waals surface area contributed by atoms with Crippen LogP contribution < -0.4 is 0 Å². The highest BCUT2D eigenvalue weighted by Gasteiger charge is 2.23. The molecule has 2 nitrogen and oxygen atoms in total. The lowest BCUT2D eigenvalue weighted by molar-refractivity contribution is 0.235. The van der Waals surface area contributed by atoms with Crippen molar-refractivity contribution in [3.63, 3.8) is 0 Å². The molecule has 1 aliphatic rings. The van der Waals surface area contributed by atoms with Crippen molar-refractivity contribution in [2.24, 2.45) is 5.92 Å². The second kappa shape index (κ2) is 5.28. The van der Waals surface area contributed by atoms with Crippen LogP contribution in [0.1, 0.15) is 62.1 Å². The summed E-state index contributed by atoms with van der Waals surface area (Å²) in [4.78, 5) is 4.74. The average molecular weight is 239 g/mol. The monoisotopic (exact) mass is 239 g/mol. The molecule has 0 saturated heterocycles. The van der Waals surface area contributed by atoms with Gasteiger partial charge in [-0.05, 0) is 18.8 Å². The van der Waals surface area contributed by atoms with Gasteiger partial charge in [0.2, 0.25) is 0 Å². The van der Waals surface area contributed by atoms with Gasteiger partial charge < -0.3 is 5.11 Å². The predicted octanol–water partition coefficient (Wildman–Crippen LogP) is 3.53.